The summed E-state index contributed by atoms with van der Waals surface area (Å²) in [7, 11) is 3.53. The van der Waals surface area contributed by atoms with Crippen molar-refractivity contribution < 1.29 is 9.47 Å². The first-order valence-electron chi connectivity index (χ1n) is 6.66. The fraction of sp³-hybridized carbons (Fsp3) is 0.400. The summed E-state index contributed by atoms with van der Waals surface area (Å²) in [6.45, 7) is 2.51. The first-order valence-corrected chi connectivity index (χ1v) is 8.16. The highest BCUT2D eigenvalue weighted by Crippen LogP contribution is 2.36. The molecule has 0 amide bonds. The molecule has 1 heterocycles. The number of halogens is 2. The Morgan fingerprint density at radius 3 is 2.67 bits per heavy atom. The average molecular weight is 374 g/mol. The van der Waals surface area contributed by atoms with Crippen LogP contribution in [0, 0.1) is 0 Å². The van der Waals surface area contributed by atoms with Crippen molar-refractivity contribution in [2.75, 3.05) is 7.11 Å². The summed E-state index contributed by atoms with van der Waals surface area (Å²) in [5.41, 5.74) is 3.03. The minimum atomic E-state index is 0.432. The molecule has 21 heavy (non-hydrogen) atoms. The van der Waals surface area contributed by atoms with Crippen LogP contribution in [0.2, 0.25) is 5.02 Å². The minimum Gasteiger partial charge on any atom is -0.493 e. The number of alkyl halides is 1. The molecule has 0 aliphatic rings. The molecule has 0 saturated carbocycles. The Hall–Kier alpha value is -1.20. The molecule has 0 aliphatic heterocycles. The predicted octanol–water partition coefficient (Wildman–Crippen LogP) is 4.12. The van der Waals surface area contributed by atoms with Gasteiger partial charge in [-0.2, -0.15) is 5.10 Å². The molecule has 0 N–H and O–H groups in total. The molecule has 1 aromatic heterocycles. The number of ether oxygens (including phenoxy) is 2. The Bertz CT molecular complexity index is 603. The lowest BCUT2D eigenvalue weighted by atomic mass is 10.2. The van der Waals surface area contributed by atoms with E-state index >= 15 is 0 Å². The molecule has 0 saturated heterocycles. The SMILES string of the molecule is CCc1cc(COc2c(CBr)cc(Cl)cc2OC)n(C)n1. The van der Waals surface area contributed by atoms with E-state index in [9.17, 15) is 0 Å². The molecule has 6 heteroatoms. The molecule has 0 spiro atoms. The topological polar surface area (TPSA) is 36.3 Å². The summed E-state index contributed by atoms with van der Waals surface area (Å²) in [5.74, 6) is 1.34. The second-order valence-corrected chi connectivity index (χ2v) is 5.62. The highest BCUT2D eigenvalue weighted by Gasteiger charge is 2.13. The van der Waals surface area contributed by atoms with E-state index in [0.29, 0.717) is 28.5 Å². The van der Waals surface area contributed by atoms with Gasteiger partial charge in [0.1, 0.15) is 6.61 Å². The van der Waals surface area contributed by atoms with Gasteiger partial charge < -0.3 is 9.47 Å². The number of hydrogen-bond acceptors (Lipinski definition) is 3. The van der Waals surface area contributed by atoms with Crippen molar-refractivity contribution in [1.29, 1.82) is 0 Å². The quantitative estimate of drug-likeness (QED) is 0.715. The van der Waals surface area contributed by atoms with Gasteiger partial charge in [0.15, 0.2) is 11.5 Å². The predicted molar refractivity (Wildman–Crippen MR) is 87.6 cm³/mol. The lowest BCUT2D eigenvalue weighted by Crippen LogP contribution is -2.05. The highest BCUT2D eigenvalue weighted by atomic mass is 79.9. The third kappa shape index (κ3) is 3.71. The monoisotopic (exact) mass is 372 g/mol. The normalized spacial score (nSPS) is 10.7. The molecule has 0 atom stereocenters. The maximum absolute atomic E-state index is 6.07. The first kappa shape index (κ1) is 16.2. The number of nitrogens with zero attached hydrogens (tertiary/aromatic N) is 2. The van der Waals surface area contributed by atoms with E-state index in [1.165, 1.54) is 0 Å². The molecule has 114 valence electrons. The van der Waals surface area contributed by atoms with Gasteiger partial charge in [-0.15, -0.1) is 0 Å². The zero-order valence-electron chi connectivity index (χ0n) is 12.3. The Balaban J connectivity index is 2.24. The van der Waals surface area contributed by atoms with Gasteiger partial charge in [0, 0.05) is 29.0 Å². The third-order valence-electron chi connectivity index (χ3n) is 3.21. The van der Waals surface area contributed by atoms with E-state index in [-0.39, 0.29) is 0 Å². The molecule has 2 rings (SSSR count). The molecule has 0 aliphatic carbocycles. The maximum atomic E-state index is 6.07. The molecular weight excluding hydrogens is 356 g/mol. The van der Waals surface area contributed by atoms with E-state index in [4.69, 9.17) is 21.1 Å². The van der Waals surface area contributed by atoms with E-state index in [1.807, 2.05) is 17.8 Å². The van der Waals surface area contributed by atoms with Crippen molar-refractivity contribution in [3.8, 4) is 11.5 Å². The van der Waals surface area contributed by atoms with Crippen LogP contribution in [-0.4, -0.2) is 16.9 Å². The van der Waals surface area contributed by atoms with Crippen molar-refractivity contribution in [3.63, 3.8) is 0 Å². The summed E-state index contributed by atoms with van der Waals surface area (Å²) >= 11 is 9.52. The van der Waals surface area contributed by atoms with Crippen LogP contribution in [0.4, 0.5) is 0 Å². The van der Waals surface area contributed by atoms with E-state index in [1.54, 1.807) is 13.2 Å². The molecule has 4 nitrogen and oxygen atoms in total. The molecule has 1 aromatic carbocycles. The zero-order valence-corrected chi connectivity index (χ0v) is 14.7. The van der Waals surface area contributed by atoms with E-state index in [2.05, 4.69) is 34.0 Å². The van der Waals surface area contributed by atoms with Crippen molar-refractivity contribution >= 4 is 27.5 Å². The molecular formula is C15H18BrClN2O2. The van der Waals surface area contributed by atoms with E-state index < -0.39 is 0 Å². The minimum absolute atomic E-state index is 0.432. The summed E-state index contributed by atoms with van der Waals surface area (Å²) in [6.07, 6.45) is 0.907. The van der Waals surface area contributed by atoms with Crippen LogP contribution in [0.1, 0.15) is 23.9 Å². The highest BCUT2D eigenvalue weighted by molar-refractivity contribution is 9.08. The maximum Gasteiger partial charge on any atom is 0.165 e. The van der Waals surface area contributed by atoms with Gasteiger partial charge in [0.05, 0.1) is 18.5 Å². The second-order valence-electron chi connectivity index (χ2n) is 4.62. The van der Waals surface area contributed by atoms with Gasteiger partial charge in [-0.1, -0.05) is 34.5 Å². The van der Waals surface area contributed by atoms with Gasteiger partial charge >= 0.3 is 0 Å². The van der Waals surface area contributed by atoms with Crippen molar-refractivity contribution in [3.05, 3.63) is 40.2 Å². The second kappa shape index (κ2) is 7.18. The number of aromatic nitrogens is 2. The average Bonchev–Trinajstić information content (AvgIpc) is 2.85. The fourth-order valence-electron chi connectivity index (χ4n) is 2.06. The van der Waals surface area contributed by atoms with Crippen LogP contribution in [0.15, 0.2) is 18.2 Å². The van der Waals surface area contributed by atoms with Crippen LogP contribution in [0.25, 0.3) is 0 Å². The van der Waals surface area contributed by atoms with Gasteiger partial charge in [-0.3, -0.25) is 4.68 Å². The van der Waals surface area contributed by atoms with Crippen LogP contribution < -0.4 is 9.47 Å². The van der Waals surface area contributed by atoms with Crippen molar-refractivity contribution in [2.24, 2.45) is 7.05 Å². The van der Waals surface area contributed by atoms with Crippen LogP contribution in [-0.2, 0) is 25.4 Å². The Morgan fingerprint density at radius 1 is 1.33 bits per heavy atom. The summed E-state index contributed by atoms with van der Waals surface area (Å²) < 4.78 is 13.2. The molecule has 0 fully saturated rings. The van der Waals surface area contributed by atoms with Gasteiger partial charge in [-0.05, 0) is 18.6 Å². The molecule has 0 radical (unpaired) electrons. The number of hydrogen-bond donors (Lipinski definition) is 0. The Morgan fingerprint density at radius 2 is 2.10 bits per heavy atom. The third-order valence-corrected chi connectivity index (χ3v) is 4.04. The molecule has 0 bridgehead atoms. The van der Waals surface area contributed by atoms with Crippen LogP contribution >= 0.6 is 27.5 Å². The summed E-state index contributed by atoms with van der Waals surface area (Å²) in [5, 5.41) is 5.69. The van der Waals surface area contributed by atoms with Gasteiger partial charge in [0.2, 0.25) is 0 Å². The van der Waals surface area contributed by atoms with Crippen molar-refractivity contribution in [2.45, 2.75) is 25.3 Å². The zero-order chi connectivity index (χ0) is 15.4. The number of benzene rings is 1. The van der Waals surface area contributed by atoms with Crippen LogP contribution in [0.3, 0.4) is 0 Å². The molecule has 0 unspecified atom stereocenters. The number of rotatable bonds is 6. The van der Waals surface area contributed by atoms with E-state index in [0.717, 1.165) is 23.4 Å². The smallest absolute Gasteiger partial charge is 0.165 e. The standard InChI is InChI=1S/C15H18BrClN2O2/c1-4-12-7-13(19(2)18-12)9-21-15-10(8-16)5-11(17)6-14(15)20-3/h5-7H,4,8-9H2,1-3H3. The van der Waals surface area contributed by atoms with Crippen molar-refractivity contribution in [1.82, 2.24) is 9.78 Å². The number of methoxy groups -OCH3 is 1. The summed E-state index contributed by atoms with van der Waals surface area (Å²) in [4.78, 5) is 0. The first-order chi connectivity index (χ1) is 10.1. The Labute approximate surface area is 138 Å². The largest absolute Gasteiger partial charge is 0.493 e. The van der Waals surface area contributed by atoms with Gasteiger partial charge in [-0.25, -0.2) is 0 Å². The molecule has 2 aromatic rings. The Kier molecular flexibility index (Phi) is 5.53. The van der Waals surface area contributed by atoms with Gasteiger partial charge in [0.25, 0.3) is 0 Å². The number of aryl methyl sites for hydroxylation is 2. The van der Waals surface area contributed by atoms with Crippen LogP contribution in [0.5, 0.6) is 11.5 Å². The fourth-order valence-corrected chi connectivity index (χ4v) is 2.71. The lowest BCUT2D eigenvalue weighted by Gasteiger charge is -2.14. The lowest BCUT2D eigenvalue weighted by molar-refractivity contribution is 0.273. The summed E-state index contributed by atoms with van der Waals surface area (Å²) in [6, 6.07) is 5.68.